The van der Waals surface area contributed by atoms with E-state index in [1.165, 1.54) is 21.5 Å². The summed E-state index contributed by atoms with van der Waals surface area (Å²) < 4.78 is 24.2. The Morgan fingerprint density at radius 2 is 1.61 bits per heavy atom. The van der Waals surface area contributed by atoms with Crippen LogP contribution in [0.1, 0.15) is 34.6 Å². The molecule has 0 atom stereocenters. The van der Waals surface area contributed by atoms with Crippen molar-refractivity contribution in [2.45, 2.75) is 34.1 Å². The monoisotopic (exact) mass is 431 g/mol. The molecule has 4 aromatic carbocycles. The Balaban J connectivity index is 1.67. The van der Waals surface area contributed by atoms with Crippen LogP contribution in [0.4, 0.5) is 0 Å². The van der Waals surface area contributed by atoms with Crippen LogP contribution in [-0.2, 0) is 6.37 Å². The van der Waals surface area contributed by atoms with Gasteiger partial charge in [0.25, 0.3) is 0 Å². The van der Waals surface area contributed by atoms with Crippen LogP contribution in [0.5, 0.6) is 0 Å². The van der Waals surface area contributed by atoms with E-state index in [0.717, 1.165) is 38.8 Å². The van der Waals surface area contributed by atoms with Gasteiger partial charge in [0.15, 0.2) is 0 Å². The van der Waals surface area contributed by atoms with Crippen LogP contribution in [0.25, 0.3) is 54.7 Å². The molecule has 2 heteroatoms. The van der Waals surface area contributed by atoms with Gasteiger partial charge in [-0.3, -0.25) is 4.98 Å². The average molecular weight is 432 g/mol. The second-order valence-corrected chi connectivity index (χ2v) is 9.87. The van der Waals surface area contributed by atoms with E-state index in [9.17, 15) is 0 Å². The molecule has 6 rings (SSSR count). The summed E-state index contributed by atoms with van der Waals surface area (Å²) in [5.74, 6) is 0. The van der Waals surface area contributed by atoms with Gasteiger partial charge in [0.05, 0.1) is 5.69 Å². The smallest absolute Gasteiger partial charge is 0.144 e. The van der Waals surface area contributed by atoms with E-state index in [1.54, 1.807) is 6.20 Å². The maximum atomic E-state index is 8.85. The van der Waals surface area contributed by atoms with E-state index < -0.39 is 11.8 Å². The van der Waals surface area contributed by atoms with Gasteiger partial charge in [-0.1, -0.05) is 75.4 Å². The van der Waals surface area contributed by atoms with Crippen LogP contribution >= 0.6 is 0 Å². The SMILES string of the molecule is [2H]C([2H])(c1cc(-c2cccc3c2oc2ccc4ccc5ccccc5c4c23)ncc1C)C(C)(C)C. The Morgan fingerprint density at radius 3 is 2.45 bits per heavy atom. The van der Waals surface area contributed by atoms with Crippen LogP contribution in [-0.4, -0.2) is 4.98 Å². The summed E-state index contributed by atoms with van der Waals surface area (Å²) in [5.41, 5.74) is 4.18. The third-order valence-corrected chi connectivity index (χ3v) is 6.26. The zero-order chi connectivity index (χ0) is 24.5. The minimum absolute atomic E-state index is 0.554. The van der Waals surface area contributed by atoms with Gasteiger partial charge in [-0.2, -0.15) is 0 Å². The quantitative estimate of drug-likeness (QED) is 0.256. The van der Waals surface area contributed by atoms with Crippen molar-refractivity contribution in [3.63, 3.8) is 0 Å². The van der Waals surface area contributed by atoms with Gasteiger partial charge < -0.3 is 4.42 Å². The highest BCUT2D eigenvalue weighted by Crippen LogP contribution is 2.41. The van der Waals surface area contributed by atoms with E-state index >= 15 is 0 Å². The first-order chi connectivity index (χ1) is 16.7. The Hall–Kier alpha value is -3.65. The average Bonchev–Trinajstić information content (AvgIpc) is 3.22. The van der Waals surface area contributed by atoms with Crippen molar-refractivity contribution in [2.24, 2.45) is 5.41 Å². The van der Waals surface area contributed by atoms with E-state index in [-0.39, 0.29) is 0 Å². The Bertz CT molecular complexity index is 1770. The van der Waals surface area contributed by atoms with Crippen LogP contribution < -0.4 is 0 Å². The summed E-state index contributed by atoms with van der Waals surface area (Å²) in [5, 5.41) is 6.93. The summed E-state index contributed by atoms with van der Waals surface area (Å²) in [6.07, 6.45) is 0.268. The number of benzene rings is 4. The maximum Gasteiger partial charge on any atom is 0.144 e. The second kappa shape index (κ2) is 7.18. The molecule has 0 unspecified atom stereocenters. The molecular weight excluding hydrogens is 402 g/mol. The molecule has 0 saturated heterocycles. The standard InChI is InChI=1S/C31H27NO/c1-19-18-32-26(16-22(19)17-31(2,3)4)24-10-7-11-25-29-27(33-30(24)25)15-14-21-13-12-20-8-5-6-9-23(20)28(21)29/h5-16,18H,17H2,1-4H3/i17D2. The van der Waals surface area contributed by atoms with Crippen LogP contribution in [0.2, 0.25) is 0 Å². The molecule has 0 fully saturated rings. The molecule has 162 valence electrons. The lowest BCUT2D eigenvalue weighted by molar-refractivity contribution is 0.410. The molecule has 33 heavy (non-hydrogen) atoms. The number of rotatable bonds is 2. The number of nitrogens with zero attached hydrogens (tertiary/aromatic N) is 1. The molecule has 2 aromatic heterocycles. The Morgan fingerprint density at radius 1 is 0.848 bits per heavy atom. The van der Waals surface area contributed by atoms with Crippen LogP contribution in [0.15, 0.2) is 83.4 Å². The zero-order valence-corrected chi connectivity index (χ0v) is 19.4. The number of aryl methyl sites for hydroxylation is 1. The van der Waals surface area contributed by atoms with Crippen LogP contribution in [0.3, 0.4) is 0 Å². The summed E-state index contributed by atoms with van der Waals surface area (Å²) in [7, 11) is 0. The third kappa shape index (κ3) is 3.29. The lowest BCUT2D eigenvalue weighted by Gasteiger charge is -2.20. The molecule has 0 bridgehead atoms. The topological polar surface area (TPSA) is 26.0 Å². The van der Waals surface area contributed by atoms with Gasteiger partial charge >= 0.3 is 0 Å². The molecule has 6 aromatic rings. The van der Waals surface area contributed by atoms with Crippen molar-refractivity contribution in [1.29, 1.82) is 0 Å². The minimum atomic E-state index is -1.51. The molecular formula is C31H27NO. The first-order valence-corrected chi connectivity index (χ1v) is 11.4. The summed E-state index contributed by atoms with van der Waals surface area (Å²) >= 11 is 0. The fourth-order valence-corrected chi connectivity index (χ4v) is 4.80. The predicted octanol–water partition coefficient (Wildman–Crippen LogP) is 8.85. The summed E-state index contributed by atoms with van der Waals surface area (Å²) in [6, 6.07) is 25.0. The number of pyridine rings is 1. The number of para-hydroxylation sites is 1. The Kier molecular flexibility index (Phi) is 3.88. The van der Waals surface area contributed by atoms with E-state index in [4.69, 9.17) is 12.1 Å². The number of hydrogen-bond acceptors (Lipinski definition) is 2. The van der Waals surface area contributed by atoms with Crippen molar-refractivity contribution in [2.75, 3.05) is 0 Å². The molecule has 0 aliphatic heterocycles. The molecule has 0 aliphatic carbocycles. The van der Waals surface area contributed by atoms with E-state index in [0.29, 0.717) is 5.56 Å². The number of hydrogen-bond donors (Lipinski definition) is 0. The number of furan rings is 1. The van der Waals surface area contributed by atoms with Crippen molar-refractivity contribution in [3.8, 4) is 11.3 Å². The van der Waals surface area contributed by atoms with Crippen molar-refractivity contribution < 1.29 is 7.16 Å². The third-order valence-electron chi connectivity index (χ3n) is 6.26. The van der Waals surface area contributed by atoms with Crippen LogP contribution in [0, 0.1) is 12.3 Å². The first kappa shape index (κ1) is 17.9. The molecule has 0 radical (unpaired) electrons. The molecule has 0 saturated carbocycles. The summed E-state index contributed by atoms with van der Waals surface area (Å²) in [6.45, 7) is 7.72. The van der Waals surface area contributed by atoms with Gasteiger partial charge in [-0.05, 0) is 64.2 Å². The Labute approximate surface area is 196 Å². The fraction of sp³-hybridized carbons (Fsp3) is 0.194. The molecule has 0 amide bonds. The highest BCUT2D eigenvalue weighted by atomic mass is 16.3. The van der Waals surface area contributed by atoms with E-state index in [1.807, 2.05) is 52.0 Å². The van der Waals surface area contributed by atoms with Gasteiger partial charge in [-0.25, -0.2) is 0 Å². The number of fused-ring (bicyclic) bond motifs is 7. The van der Waals surface area contributed by atoms with Crippen molar-refractivity contribution in [3.05, 3.63) is 90.1 Å². The highest BCUT2D eigenvalue weighted by Gasteiger charge is 2.18. The molecule has 2 heterocycles. The van der Waals surface area contributed by atoms with E-state index in [2.05, 4.69) is 48.5 Å². The summed E-state index contributed by atoms with van der Waals surface area (Å²) in [4.78, 5) is 4.71. The lowest BCUT2D eigenvalue weighted by Crippen LogP contribution is -2.10. The van der Waals surface area contributed by atoms with Gasteiger partial charge in [-0.15, -0.1) is 0 Å². The molecule has 2 nitrogen and oxygen atoms in total. The molecule has 0 aliphatic rings. The zero-order valence-electron chi connectivity index (χ0n) is 21.4. The number of aromatic nitrogens is 1. The fourth-order valence-electron chi connectivity index (χ4n) is 4.80. The molecule has 0 spiro atoms. The highest BCUT2D eigenvalue weighted by molar-refractivity contribution is 6.27. The second-order valence-electron chi connectivity index (χ2n) is 9.87. The lowest BCUT2D eigenvalue weighted by atomic mass is 9.86. The minimum Gasteiger partial charge on any atom is -0.455 e. The van der Waals surface area contributed by atoms with Gasteiger partial charge in [0.2, 0.25) is 0 Å². The predicted molar refractivity (Wildman–Crippen MR) is 140 cm³/mol. The largest absolute Gasteiger partial charge is 0.455 e. The van der Waals surface area contributed by atoms with Crippen molar-refractivity contribution >= 4 is 43.5 Å². The normalized spacial score (nSPS) is 13.7. The maximum absolute atomic E-state index is 8.85. The van der Waals surface area contributed by atoms with Crippen molar-refractivity contribution in [1.82, 2.24) is 4.98 Å². The van der Waals surface area contributed by atoms with Gasteiger partial charge in [0, 0.05) is 30.7 Å². The first-order valence-electron chi connectivity index (χ1n) is 12.4. The van der Waals surface area contributed by atoms with Gasteiger partial charge in [0.1, 0.15) is 11.2 Å². The molecule has 0 N–H and O–H groups in total.